The summed E-state index contributed by atoms with van der Waals surface area (Å²) in [5.74, 6) is 0. The van der Waals surface area contributed by atoms with Crippen molar-refractivity contribution in [3.63, 3.8) is 0 Å². The average molecular weight is 377 g/mol. The lowest BCUT2D eigenvalue weighted by molar-refractivity contribution is 0.371. The van der Waals surface area contributed by atoms with E-state index in [1.165, 1.54) is 11.1 Å². The minimum atomic E-state index is 0.128. The lowest BCUT2D eigenvalue weighted by Crippen LogP contribution is -2.04. The van der Waals surface area contributed by atoms with Crippen LogP contribution in [0.1, 0.15) is 21.9 Å². The van der Waals surface area contributed by atoms with Gasteiger partial charge in [0.15, 0.2) is 0 Å². The van der Waals surface area contributed by atoms with E-state index in [0.29, 0.717) is 11.0 Å². The summed E-state index contributed by atoms with van der Waals surface area (Å²) in [7, 11) is 0. The maximum absolute atomic E-state index is 5.74. The predicted molar refractivity (Wildman–Crippen MR) is 116 cm³/mol. The molecule has 130 valence electrons. The Bertz CT molecular complexity index is 790. The third-order valence-electron chi connectivity index (χ3n) is 3.83. The Morgan fingerprint density at radius 2 is 1.31 bits per heavy atom. The molecule has 0 radical (unpaired) electrons. The third-order valence-corrected chi connectivity index (χ3v) is 5.32. The van der Waals surface area contributed by atoms with Crippen LogP contribution in [0.4, 0.5) is 0 Å². The minimum Gasteiger partial charge on any atom is -0.474 e. The Morgan fingerprint density at radius 1 is 0.808 bits per heavy atom. The molecule has 0 heterocycles. The standard InChI is InChI=1S/C23H20OS2/c25-23(24-18-10-13-19-11-4-1-5-12-19)26-22(20-14-6-2-7-15-20)21-16-8-3-9-17-21/h1-17,22H,18H2/b13-10+. The van der Waals surface area contributed by atoms with Crippen molar-refractivity contribution in [1.82, 2.24) is 0 Å². The summed E-state index contributed by atoms with van der Waals surface area (Å²) in [5.41, 5.74) is 3.59. The smallest absolute Gasteiger partial charge is 0.221 e. The number of benzene rings is 3. The molecule has 0 unspecified atom stereocenters. The van der Waals surface area contributed by atoms with Crippen LogP contribution in [0.3, 0.4) is 0 Å². The quantitative estimate of drug-likeness (QED) is 0.453. The number of rotatable bonds is 6. The second kappa shape index (κ2) is 9.95. The molecule has 3 heteroatoms. The van der Waals surface area contributed by atoms with Gasteiger partial charge in [0.05, 0.1) is 5.25 Å². The van der Waals surface area contributed by atoms with E-state index in [1.807, 2.05) is 42.5 Å². The molecule has 0 bridgehead atoms. The van der Waals surface area contributed by atoms with E-state index in [0.717, 1.165) is 5.56 Å². The molecule has 3 rings (SSSR count). The summed E-state index contributed by atoms with van der Waals surface area (Å²) in [4.78, 5) is 0. The van der Waals surface area contributed by atoms with Crippen LogP contribution in [0.2, 0.25) is 0 Å². The van der Waals surface area contributed by atoms with Gasteiger partial charge in [-0.3, -0.25) is 0 Å². The molecular formula is C23H20OS2. The molecule has 0 aliphatic heterocycles. The van der Waals surface area contributed by atoms with Crippen molar-refractivity contribution in [3.8, 4) is 0 Å². The molecule has 0 saturated carbocycles. The molecule has 3 aromatic carbocycles. The van der Waals surface area contributed by atoms with Crippen molar-refractivity contribution in [2.45, 2.75) is 5.25 Å². The van der Waals surface area contributed by atoms with Gasteiger partial charge in [-0.15, -0.1) is 0 Å². The van der Waals surface area contributed by atoms with E-state index in [4.69, 9.17) is 17.0 Å². The summed E-state index contributed by atoms with van der Waals surface area (Å²) in [6, 6.07) is 30.9. The van der Waals surface area contributed by atoms with Crippen LogP contribution in [0, 0.1) is 0 Å². The van der Waals surface area contributed by atoms with Crippen molar-refractivity contribution >= 4 is 34.4 Å². The van der Waals surface area contributed by atoms with E-state index < -0.39 is 0 Å². The number of thiocarbonyl (C=S) groups is 1. The maximum Gasteiger partial charge on any atom is 0.221 e. The van der Waals surface area contributed by atoms with Gasteiger partial charge in [-0.05, 0) is 35.0 Å². The normalized spacial score (nSPS) is 11.0. The molecule has 0 spiro atoms. The SMILES string of the molecule is S=C(OC/C=C/c1ccccc1)SC(c1ccccc1)c1ccccc1. The molecule has 0 saturated heterocycles. The van der Waals surface area contributed by atoms with E-state index in [1.54, 1.807) is 11.8 Å². The molecule has 0 atom stereocenters. The second-order valence-corrected chi connectivity index (χ2v) is 7.40. The number of thioether (sulfide) groups is 1. The number of ether oxygens (including phenoxy) is 1. The summed E-state index contributed by atoms with van der Waals surface area (Å²) in [5, 5.41) is 0.128. The summed E-state index contributed by atoms with van der Waals surface area (Å²) in [6.07, 6.45) is 4.03. The second-order valence-electron chi connectivity index (χ2n) is 5.69. The number of hydrogen-bond acceptors (Lipinski definition) is 3. The zero-order chi connectivity index (χ0) is 18.0. The zero-order valence-electron chi connectivity index (χ0n) is 14.3. The summed E-state index contributed by atoms with van der Waals surface area (Å²) < 4.78 is 6.30. The highest BCUT2D eigenvalue weighted by atomic mass is 32.2. The lowest BCUT2D eigenvalue weighted by Gasteiger charge is -2.17. The Labute approximate surface area is 164 Å². The van der Waals surface area contributed by atoms with E-state index in [2.05, 4.69) is 60.7 Å². The van der Waals surface area contributed by atoms with Crippen LogP contribution in [-0.4, -0.2) is 11.0 Å². The van der Waals surface area contributed by atoms with Crippen LogP contribution in [0.25, 0.3) is 6.08 Å². The molecule has 26 heavy (non-hydrogen) atoms. The van der Waals surface area contributed by atoms with Crippen molar-refractivity contribution < 1.29 is 4.74 Å². The fourth-order valence-electron chi connectivity index (χ4n) is 2.58. The lowest BCUT2D eigenvalue weighted by atomic mass is 10.0. The predicted octanol–water partition coefficient (Wildman–Crippen LogP) is 6.52. The topological polar surface area (TPSA) is 9.23 Å². The number of hydrogen-bond donors (Lipinski definition) is 0. The minimum absolute atomic E-state index is 0.128. The van der Waals surface area contributed by atoms with Gasteiger partial charge in [-0.2, -0.15) is 0 Å². The maximum atomic E-state index is 5.74. The summed E-state index contributed by atoms with van der Waals surface area (Å²) >= 11 is 7.04. The van der Waals surface area contributed by atoms with Crippen LogP contribution in [-0.2, 0) is 4.74 Å². The van der Waals surface area contributed by atoms with Gasteiger partial charge in [0, 0.05) is 0 Å². The average Bonchev–Trinajstić information content (AvgIpc) is 2.71. The van der Waals surface area contributed by atoms with Crippen LogP contribution >= 0.6 is 24.0 Å². The summed E-state index contributed by atoms with van der Waals surface area (Å²) in [6.45, 7) is 0.469. The van der Waals surface area contributed by atoms with E-state index in [-0.39, 0.29) is 5.25 Å². The molecule has 0 aliphatic rings. The Morgan fingerprint density at radius 3 is 1.85 bits per heavy atom. The monoisotopic (exact) mass is 376 g/mol. The van der Waals surface area contributed by atoms with Crippen LogP contribution in [0.5, 0.6) is 0 Å². The zero-order valence-corrected chi connectivity index (χ0v) is 16.0. The van der Waals surface area contributed by atoms with Gasteiger partial charge in [-0.1, -0.05) is 109 Å². The Hall–Kier alpha value is -2.36. The molecule has 3 aromatic rings. The van der Waals surface area contributed by atoms with Crippen molar-refractivity contribution in [2.24, 2.45) is 0 Å². The molecule has 0 aromatic heterocycles. The van der Waals surface area contributed by atoms with Gasteiger partial charge in [0.1, 0.15) is 6.61 Å². The molecular weight excluding hydrogens is 356 g/mol. The molecule has 0 amide bonds. The highest BCUT2D eigenvalue weighted by Gasteiger charge is 2.17. The van der Waals surface area contributed by atoms with Gasteiger partial charge in [0.25, 0.3) is 0 Å². The largest absolute Gasteiger partial charge is 0.474 e. The first-order valence-electron chi connectivity index (χ1n) is 8.48. The van der Waals surface area contributed by atoms with Crippen LogP contribution < -0.4 is 0 Å². The molecule has 0 N–H and O–H groups in total. The first-order chi connectivity index (χ1) is 12.8. The van der Waals surface area contributed by atoms with Crippen LogP contribution in [0.15, 0.2) is 97.1 Å². The van der Waals surface area contributed by atoms with E-state index in [9.17, 15) is 0 Å². The Kier molecular flexibility index (Phi) is 7.05. The molecule has 0 fully saturated rings. The van der Waals surface area contributed by atoms with Crippen molar-refractivity contribution in [1.29, 1.82) is 0 Å². The van der Waals surface area contributed by atoms with Gasteiger partial charge in [0.2, 0.25) is 4.38 Å². The van der Waals surface area contributed by atoms with Gasteiger partial charge < -0.3 is 4.74 Å². The highest BCUT2D eigenvalue weighted by molar-refractivity contribution is 8.22. The molecule has 0 aliphatic carbocycles. The fourth-order valence-corrected chi connectivity index (χ4v) is 3.85. The van der Waals surface area contributed by atoms with Gasteiger partial charge in [-0.25, -0.2) is 0 Å². The third kappa shape index (κ3) is 5.58. The van der Waals surface area contributed by atoms with Gasteiger partial charge >= 0.3 is 0 Å². The fraction of sp³-hybridized carbons (Fsp3) is 0.0870. The van der Waals surface area contributed by atoms with Crippen molar-refractivity contribution in [3.05, 3.63) is 114 Å². The van der Waals surface area contributed by atoms with Crippen molar-refractivity contribution in [2.75, 3.05) is 6.61 Å². The molecule has 1 nitrogen and oxygen atoms in total. The van der Waals surface area contributed by atoms with E-state index >= 15 is 0 Å². The highest BCUT2D eigenvalue weighted by Crippen LogP contribution is 2.36. The first kappa shape index (κ1) is 18.4. The first-order valence-corrected chi connectivity index (χ1v) is 9.76. The Balaban J connectivity index is 1.62.